The van der Waals surface area contributed by atoms with E-state index >= 15 is 0 Å². The molecule has 7 N–H and O–H groups in total. The van der Waals surface area contributed by atoms with Crippen molar-refractivity contribution in [2.24, 2.45) is 23.5 Å². The number of anilines is 2. The Hall–Kier alpha value is -5.53. The van der Waals surface area contributed by atoms with Crippen molar-refractivity contribution in [2.45, 2.75) is 141 Å². The van der Waals surface area contributed by atoms with Crippen LogP contribution in [-0.4, -0.2) is 154 Å². The number of methoxy groups -OCH3 is 2. The zero-order valence-electron chi connectivity index (χ0n) is 48.2. The van der Waals surface area contributed by atoms with Crippen LogP contribution in [0.15, 0.2) is 58.6 Å². The lowest BCUT2D eigenvalue weighted by Crippen LogP contribution is -2.53. The summed E-state index contributed by atoms with van der Waals surface area (Å²) in [6.45, 7) is 12.6. The maximum atomic E-state index is 14.4. The molecule has 0 saturated carbocycles. The van der Waals surface area contributed by atoms with Gasteiger partial charge in [0.25, 0.3) is 0 Å². The number of hydrogen-bond acceptors (Lipinski definition) is 16. The number of thiocarbonyl (C=S) groups is 1. The van der Waals surface area contributed by atoms with Crippen molar-refractivity contribution < 1.29 is 71.8 Å². The number of nitrogens with two attached hydrogens (primary N) is 1. The number of ether oxygens (including phenoxy) is 7. The number of ketones is 2. The van der Waals surface area contributed by atoms with E-state index in [1.165, 1.54) is 26.0 Å². The number of fused-ring (bicyclic) bond motifs is 5. The number of benzene rings is 2. The van der Waals surface area contributed by atoms with E-state index in [4.69, 9.17) is 62.7 Å². The van der Waals surface area contributed by atoms with E-state index in [2.05, 4.69) is 37.2 Å². The van der Waals surface area contributed by atoms with Gasteiger partial charge in [-0.2, -0.15) is 0 Å². The number of rotatable bonds is 25. The highest BCUT2D eigenvalue weighted by molar-refractivity contribution is 9.10. The van der Waals surface area contributed by atoms with Crippen molar-refractivity contribution in [1.29, 1.82) is 0 Å². The summed E-state index contributed by atoms with van der Waals surface area (Å²) in [5.74, 6) is -2.71. The molecule has 2 saturated heterocycles. The van der Waals surface area contributed by atoms with Gasteiger partial charge in [-0.15, -0.1) is 0 Å². The molecule has 9 atom stereocenters. The summed E-state index contributed by atoms with van der Waals surface area (Å²) in [6, 6.07) is 6.74. The van der Waals surface area contributed by atoms with Gasteiger partial charge in [0.1, 0.15) is 46.1 Å². The summed E-state index contributed by atoms with van der Waals surface area (Å²) in [5, 5.41) is 23.5. The smallest absolute Gasteiger partial charge is 0.412 e. The highest BCUT2D eigenvalue weighted by Gasteiger charge is 2.64. The van der Waals surface area contributed by atoms with Crippen LogP contribution in [0.25, 0.3) is 0 Å². The molecule has 3 heterocycles. The van der Waals surface area contributed by atoms with Gasteiger partial charge in [-0.25, -0.2) is 9.59 Å². The van der Waals surface area contributed by atoms with Crippen LogP contribution >= 0.6 is 39.7 Å². The van der Waals surface area contributed by atoms with E-state index in [9.17, 15) is 38.7 Å². The number of nitrogens with one attached hydrogen (secondary N) is 4. The number of epoxide rings is 1. The van der Waals surface area contributed by atoms with E-state index < -0.39 is 77.5 Å². The molecule has 82 heavy (non-hydrogen) atoms. The third-order valence-electron chi connectivity index (χ3n) is 14.9. The number of halogens is 2. The Bertz CT molecular complexity index is 2700. The average molecular weight is 1250 g/mol. The quantitative estimate of drug-likeness (QED) is 0.0252. The first-order valence-corrected chi connectivity index (χ1v) is 29.0. The first kappa shape index (κ1) is 67.3. The molecule has 0 spiro atoms. The van der Waals surface area contributed by atoms with E-state index in [0.29, 0.717) is 78.7 Å². The number of allylic oxidation sites excluding steroid dienone is 3. The van der Waals surface area contributed by atoms with Gasteiger partial charge in [0.15, 0.2) is 5.78 Å². The fourth-order valence-corrected chi connectivity index (χ4v) is 11.2. The lowest BCUT2D eigenvalue weighted by Gasteiger charge is -2.41. The van der Waals surface area contributed by atoms with Crippen molar-refractivity contribution in [3.63, 3.8) is 0 Å². The second kappa shape index (κ2) is 31.4. The number of urea groups is 1. The van der Waals surface area contributed by atoms with Gasteiger partial charge in [-0.1, -0.05) is 74.5 Å². The third kappa shape index (κ3) is 19.5. The van der Waals surface area contributed by atoms with E-state index in [0.717, 1.165) is 11.1 Å². The lowest BCUT2D eigenvalue weighted by atomic mass is 9.78. The molecule has 4 bridgehead atoms. The number of amides is 5. The predicted octanol–water partition coefficient (Wildman–Crippen LogP) is 7.02. The topological polar surface area (TPSA) is 285 Å². The normalized spacial score (nSPS) is 24.6. The number of nitrogens with zero attached hydrogens (tertiary/aromatic N) is 1. The van der Waals surface area contributed by atoms with Crippen LogP contribution in [0.1, 0.15) is 97.6 Å². The molecule has 452 valence electrons. The average Bonchev–Trinajstić information content (AvgIpc) is 2.05. The first-order valence-electron chi connectivity index (χ1n) is 27.4. The summed E-state index contributed by atoms with van der Waals surface area (Å²) in [4.78, 5) is 94.1. The van der Waals surface area contributed by atoms with Crippen LogP contribution < -0.4 is 36.6 Å². The number of hydrogen-bond donors (Lipinski definition) is 6. The van der Waals surface area contributed by atoms with E-state index in [1.54, 1.807) is 63.4 Å². The molecule has 0 radical (unpaired) electrons. The monoisotopic (exact) mass is 1250 g/mol. The van der Waals surface area contributed by atoms with E-state index in [-0.39, 0.29) is 79.2 Å². The van der Waals surface area contributed by atoms with Crippen LogP contribution in [0.4, 0.5) is 21.0 Å². The molecule has 0 aromatic heterocycles. The molecule has 2 fully saturated rings. The number of carbonyl (C=O) groups excluding carboxylic acids is 7. The first-order chi connectivity index (χ1) is 38.8. The maximum Gasteiger partial charge on any atom is 0.412 e. The molecule has 5 amide bonds. The largest absolute Gasteiger partial charge is 0.495 e. The summed E-state index contributed by atoms with van der Waals surface area (Å²) < 4.78 is 41.0. The van der Waals surface area contributed by atoms with Gasteiger partial charge < -0.3 is 64.8 Å². The number of primary amides is 1. The Kier molecular flexibility index (Phi) is 25.7. The molecular formula is C58H80BrClN6O15S. The Morgan fingerprint density at radius 3 is 2.41 bits per heavy atom. The molecule has 0 aliphatic carbocycles. The molecule has 21 nitrogen and oxygen atoms in total. The summed E-state index contributed by atoms with van der Waals surface area (Å²) in [6.07, 6.45) is 1.40. The standard InChI is InChI=1S/C58H80BrClN6O15S/c1-33(2)39(29-49(82)62-19-21-78-23-22-77-20-17-35(4)67)54(71)64-42(13-11-18-63-55(61)72)44(68)27-37-15-16-41(40(59)25-37)65-56(73)80-48-30-50(69)66(7)43-26-38(28-45(75-8)52(43)60)24-34(3)12-10-14-47(76-9)58(74)31-46(79-51(70)32-58)36(5)53-57(48,6)81-53/h10,12,14-16,25-26,28,33,36,39,42,46-48,53,74H,11,13,17-24,27,29-32H2,1-9H3,(H,62,82)(H,64,71)(H,65,73)(H3,61,63,72)/b14-10+,34-12+/t36-,39+,42+,46+,47-,48+,53+,57+,58-/m1/s1. The second-order valence-electron chi connectivity index (χ2n) is 21.7. The van der Waals surface area contributed by atoms with Crippen LogP contribution in [-0.2, 0) is 65.2 Å². The van der Waals surface area contributed by atoms with Gasteiger partial charge in [0.05, 0.1) is 74.9 Å². The predicted molar refractivity (Wildman–Crippen MR) is 316 cm³/mol. The highest BCUT2D eigenvalue weighted by atomic mass is 79.9. The molecule has 3 aliphatic heterocycles. The Morgan fingerprint density at radius 2 is 1.76 bits per heavy atom. The summed E-state index contributed by atoms with van der Waals surface area (Å²) in [5.41, 5.74) is 5.19. The minimum atomic E-state index is -1.64. The molecule has 2 aromatic carbocycles. The minimum Gasteiger partial charge on any atom is -0.495 e. The van der Waals surface area contributed by atoms with Crippen LogP contribution in [0.3, 0.4) is 0 Å². The zero-order valence-corrected chi connectivity index (χ0v) is 51.4. The van der Waals surface area contributed by atoms with E-state index in [1.807, 2.05) is 26.8 Å². The second-order valence-corrected chi connectivity index (χ2v) is 23.4. The Morgan fingerprint density at radius 1 is 1.04 bits per heavy atom. The van der Waals surface area contributed by atoms with Crippen molar-refractivity contribution in [3.05, 3.63) is 74.8 Å². The van der Waals surface area contributed by atoms with Crippen LogP contribution in [0.2, 0.25) is 5.02 Å². The molecule has 24 heteroatoms. The van der Waals surface area contributed by atoms with Crippen molar-refractivity contribution >= 4 is 97.6 Å². The fraction of sp³-hybridized carbons (Fsp3) is 0.586. The van der Waals surface area contributed by atoms with Gasteiger partial charge in [0, 0.05) is 69.2 Å². The molecular weight excluding hydrogens is 1170 g/mol. The number of esters is 1. The number of carbonyl (C=O) groups is 7. The van der Waals surface area contributed by atoms with Gasteiger partial charge in [-0.3, -0.25) is 29.3 Å². The van der Waals surface area contributed by atoms with Crippen molar-refractivity contribution in [2.75, 3.05) is 71.0 Å². The summed E-state index contributed by atoms with van der Waals surface area (Å²) >= 11 is 16.0. The summed E-state index contributed by atoms with van der Waals surface area (Å²) in [7, 11) is 4.48. The molecule has 3 aliphatic rings. The number of aliphatic hydroxyl groups is 1. The highest BCUT2D eigenvalue weighted by Crippen LogP contribution is 2.50. The fourth-order valence-electron chi connectivity index (χ4n) is 10.0. The van der Waals surface area contributed by atoms with Crippen LogP contribution in [0, 0.1) is 17.8 Å². The Labute approximate surface area is 498 Å². The molecule has 5 rings (SSSR count). The minimum absolute atomic E-state index is 0.00624. The maximum absolute atomic E-state index is 14.4. The lowest BCUT2D eigenvalue weighted by molar-refractivity contribution is -0.187. The Balaban J connectivity index is 1.31. The molecule has 2 aromatic rings. The van der Waals surface area contributed by atoms with Gasteiger partial charge in [0.2, 0.25) is 11.8 Å². The SMILES string of the molecule is COc1cc2cc(c1Cl)N(C)C(=O)C[C@H](OC(=O)Nc1ccc(CC(=O)[C@H](CCCNC(N)=O)NC(=O)[C@@H](CC(=S)NCCOCCOCCC(C)=O)C(C)C)cc1Br)[C@]1(C)O[C@H]1[C@H](C)[C@@H]1C[C@@](O)(CC(=O)O1)[C@H](OC)/C=C/C=C(\C)C2. The van der Waals surface area contributed by atoms with Gasteiger partial charge >= 0.3 is 18.1 Å². The number of Topliss-reactive ketones (excluding diaryl/α,β-unsaturated/α-hetero) is 2. The molecule has 0 unspecified atom stereocenters. The van der Waals surface area contributed by atoms with Gasteiger partial charge in [-0.05, 0) is 97.3 Å². The van der Waals surface area contributed by atoms with Crippen LogP contribution in [0.5, 0.6) is 5.75 Å². The van der Waals surface area contributed by atoms with Crippen molar-refractivity contribution in [3.8, 4) is 5.75 Å². The zero-order chi connectivity index (χ0) is 60.5. The third-order valence-corrected chi connectivity index (χ3v) is 16.2. The van der Waals surface area contributed by atoms with Crippen molar-refractivity contribution in [1.82, 2.24) is 16.0 Å².